The molecule has 0 aromatic rings. The van der Waals surface area contributed by atoms with Crippen LogP contribution in [-0.4, -0.2) is 5.33 Å². The van der Waals surface area contributed by atoms with Crippen LogP contribution in [0.5, 0.6) is 0 Å². The van der Waals surface area contributed by atoms with Gasteiger partial charge in [-0.2, -0.15) is 0 Å². The van der Waals surface area contributed by atoms with Crippen molar-refractivity contribution < 1.29 is 0 Å². The Kier molecular flexibility index (Phi) is 6.31. The summed E-state index contributed by atoms with van der Waals surface area (Å²) in [6.45, 7) is 9.26. The average Bonchev–Trinajstić information content (AvgIpc) is 1.98. The van der Waals surface area contributed by atoms with Gasteiger partial charge in [-0.05, 0) is 24.2 Å². The first-order valence-electron chi connectivity index (χ1n) is 4.69. The molecule has 0 aliphatic heterocycles. The van der Waals surface area contributed by atoms with Crippen LogP contribution < -0.4 is 0 Å². The number of alkyl halides is 1. The highest BCUT2D eigenvalue weighted by atomic mass is 79.9. The quantitative estimate of drug-likeness (QED) is 0.613. The van der Waals surface area contributed by atoms with Gasteiger partial charge in [0.25, 0.3) is 0 Å². The van der Waals surface area contributed by atoms with E-state index in [0.717, 1.165) is 17.8 Å². The van der Waals surface area contributed by atoms with E-state index in [4.69, 9.17) is 0 Å². The largest absolute Gasteiger partial charge is 0.0925 e. The van der Waals surface area contributed by atoms with Crippen molar-refractivity contribution >= 4 is 15.9 Å². The molecule has 0 heterocycles. The highest BCUT2D eigenvalue weighted by Crippen LogP contribution is 2.25. The van der Waals surface area contributed by atoms with Crippen LogP contribution in [-0.2, 0) is 0 Å². The molecule has 11 heavy (non-hydrogen) atoms. The maximum Gasteiger partial charge on any atom is 0.00623 e. The first-order chi connectivity index (χ1) is 5.13. The van der Waals surface area contributed by atoms with Gasteiger partial charge in [0.1, 0.15) is 0 Å². The Morgan fingerprint density at radius 2 is 1.73 bits per heavy atom. The molecule has 0 nitrogen and oxygen atoms in total. The van der Waals surface area contributed by atoms with Crippen LogP contribution in [0.25, 0.3) is 0 Å². The molecule has 0 saturated heterocycles. The van der Waals surface area contributed by atoms with Crippen molar-refractivity contribution in [3.8, 4) is 0 Å². The van der Waals surface area contributed by atoms with Crippen molar-refractivity contribution in [1.29, 1.82) is 0 Å². The second-order valence-electron chi connectivity index (χ2n) is 3.81. The molecule has 2 atom stereocenters. The molecule has 0 aromatic carbocycles. The van der Waals surface area contributed by atoms with Crippen molar-refractivity contribution in [2.45, 2.75) is 40.5 Å². The molecule has 0 aromatic heterocycles. The van der Waals surface area contributed by atoms with Gasteiger partial charge in [-0.3, -0.25) is 0 Å². The molecule has 0 spiro atoms. The van der Waals surface area contributed by atoms with Gasteiger partial charge in [-0.15, -0.1) is 0 Å². The molecule has 0 N–H and O–H groups in total. The van der Waals surface area contributed by atoms with Crippen molar-refractivity contribution in [3.05, 3.63) is 0 Å². The topological polar surface area (TPSA) is 0 Å². The average molecular weight is 221 g/mol. The van der Waals surface area contributed by atoms with Crippen LogP contribution in [0.1, 0.15) is 40.5 Å². The molecule has 2 unspecified atom stereocenters. The molecular formula is C10H21Br. The fraction of sp³-hybridized carbons (Fsp3) is 1.00. The molecule has 0 rings (SSSR count). The predicted octanol–water partition coefficient (Wildman–Crippen LogP) is 4.09. The van der Waals surface area contributed by atoms with Crippen LogP contribution in [0.4, 0.5) is 0 Å². The summed E-state index contributed by atoms with van der Waals surface area (Å²) in [5.74, 6) is 2.55. The lowest BCUT2D eigenvalue weighted by atomic mass is 9.84. The molecule has 68 valence electrons. The van der Waals surface area contributed by atoms with Gasteiger partial charge in [0.2, 0.25) is 0 Å². The zero-order valence-corrected chi connectivity index (χ0v) is 9.82. The van der Waals surface area contributed by atoms with E-state index in [-0.39, 0.29) is 0 Å². The number of hydrogen-bond acceptors (Lipinski definition) is 0. The molecular weight excluding hydrogens is 200 g/mol. The molecule has 0 aliphatic rings. The summed E-state index contributed by atoms with van der Waals surface area (Å²) in [6.07, 6.45) is 2.68. The number of rotatable bonds is 5. The summed E-state index contributed by atoms with van der Waals surface area (Å²) >= 11 is 3.59. The molecule has 0 aliphatic carbocycles. The van der Waals surface area contributed by atoms with E-state index in [1.807, 2.05) is 0 Å². The van der Waals surface area contributed by atoms with Gasteiger partial charge < -0.3 is 0 Å². The van der Waals surface area contributed by atoms with E-state index >= 15 is 0 Å². The zero-order chi connectivity index (χ0) is 8.85. The van der Waals surface area contributed by atoms with Crippen LogP contribution in [0.3, 0.4) is 0 Å². The second kappa shape index (κ2) is 6.05. The van der Waals surface area contributed by atoms with Crippen molar-refractivity contribution in [3.63, 3.8) is 0 Å². The van der Waals surface area contributed by atoms with Crippen LogP contribution in [0.15, 0.2) is 0 Å². The molecule has 0 fully saturated rings. The minimum atomic E-state index is 0.823. The van der Waals surface area contributed by atoms with Crippen molar-refractivity contribution in [2.75, 3.05) is 5.33 Å². The summed E-state index contributed by atoms with van der Waals surface area (Å²) < 4.78 is 0. The Bertz CT molecular complexity index is 88.9. The van der Waals surface area contributed by atoms with Crippen LogP contribution >= 0.6 is 15.9 Å². The molecule has 0 saturated carbocycles. The van der Waals surface area contributed by atoms with E-state index < -0.39 is 0 Å². The third kappa shape index (κ3) is 4.15. The number of halogens is 1. The van der Waals surface area contributed by atoms with E-state index in [1.54, 1.807) is 0 Å². The van der Waals surface area contributed by atoms with E-state index in [2.05, 4.69) is 43.6 Å². The van der Waals surface area contributed by atoms with E-state index in [9.17, 15) is 0 Å². The highest BCUT2D eigenvalue weighted by Gasteiger charge is 2.17. The zero-order valence-electron chi connectivity index (χ0n) is 8.23. The SMILES string of the molecule is CCCC(CBr)C(C)C(C)C. The Hall–Kier alpha value is 0.480. The number of hydrogen-bond donors (Lipinski definition) is 0. The summed E-state index contributed by atoms with van der Waals surface area (Å²) in [5.41, 5.74) is 0. The summed E-state index contributed by atoms with van der Waals surface area (Å²) in [4.78, 5) is 0. The van der Waals surface area contributed by atoms with Crippen LogP contribution in [0, 0.1) is 17.8 Å². The minimum Gasteiger partial charge on any atom is -0.0925 e. The maximum absolute atomic E-state index is 3.59. The highest BCUT2D eigenvalue weighted by molar-refractivity contribution is 9.09. The third-order valence-electron chi connectivity index (χ3n) is 2.65. The first kappa shape index (κ1) is 11.5. The standard InChI is InChI=1S/C10H21Br/c1-5-6-10(7-11)9(4)8(2)3/h8-10H,5-7H2,1-4H3. The van der Waals surface area contributed by atoms with E-state index in [0.29, 0.717) is 0 Å². The van der Waals surface area contributed by atoms with Gasteiger partial charge in [0, 0.05) is 5.33 Å². The summed E-state index contributed by atoms with van der Waals surface area (Å²) in [5, 5.41) is 1.17. The fourth-order valence-corrected chi connectivity index (χ4v) is 2.31. The molecule has 0 bridgehead atoms. The maximum atomic E-state index is 3.59. The lowest BCUT2D eigenvalue weighted by molar-refractivity contribution is 0.286. The smallest absolute Gasteiger partial charge is 0.00623 e. The second-order valence-corrected chi connectivity index (χ2v) is 4.45. The predicted molar refractivity (Wildman–Crippen MR) is 56.2 cm³/mol. The third-order valence-corrected chi connectivity index (χ3v) is 3.48. The van der Waals surface area contributed by atoms with Gasteiger partial charge in [0.05, 0.1) is 0 Å². The normalized spacial score (nSPS) is 16.9. The lowest BCUT2D eigenvalue weighted by Gasteiger charge is -2.24. The minimum absolute atomic E-state index is 0.823. The lowest BCUT2D eigenvalue weighted by Crippen LogP contribution is -2.18. The first-order valence-corrected chi connectivity index (χ1v) is 5.81. The van der Waals surface area contributed by atoms with Crippen molar-refractivity contribution in [2.24, 2.45) is 17.8 Å². The van der Waals surface area contributed by atoms with Gasteiger partial charge in [-0.1, -0.05) is 50.0 Å². The van der Waals surface area contributed by atoms with E-state index in [1.165, 1.54) is 18.2 Å². The van der Waals surface area contributed by atoms with Gasteiger partial charge >= 0.3 is 0 Å². The Morgan fingerprint density at radius 1 is 1.18 bits per heavy atom. The van der Waals surface area contributed by atoms with Crippen molar-refractivity contribution in [1.82, 2.24) is 0 Å². The molecule has 1 heteroatoms. The summed E-state index contributed by atoms with van der Waals surface area (Å²) in [6, 6.07) is 0. The van der Waals surface area contributed by atoms with Crippen LogP contribution in [0.2, 0.25) is 0 Å². The van der Waals surface area contributed by atoms with Gasteiger partial charge in [0.15, 0.2) is 0 Å². The Balaban J connectivity index is 3.81. The molecule has 0 amide bonds. The Morgan fingerprint density at radius 3 is 2.00 bits per heavy atom. The summed E-state index contributed by atoms with van der Waals surface area (Å²) in [7, 11) is 0. The fourth-order valence-electron chi connectivity index (χ4n) is 1.40. The van der Waals surface area contributed by atoms with Gasteiger partial charge in [-0.25, -0.2) is 0 Å². The Labute approximate surface area is 79.9 Å². The monoisotopic (exact) mass is 220 g/mol. The molecule has 0 radical (unpaired) electrons.